The van der Waals surface area contributed by atoms with Crippen molar-refractivity contribution in [2.75, 3.05) is 46.4 Å². The molecule has 0 amide bonds. The number of morpholine rings is 1. The first kappa shape index (κ1) is 20.2. The van der Waals surface area contributed by atoms with Crippen LogP contribution in [0.1, 0.15) is 11.1 Å². The zero-order chi connectivity index (χ0) is 19.4. The van der Waals surface area contributed by atoms with Gasteiger partial charge in [0.25, 0.3) is 0 Å². The van der Waals surface area contributed by atoms with Crippen molar-refractivity contribution in [3.63, 3.8) is 0 Å². The van der Waals surface area contributed by atoms with E-state index in [4.69, 9.17) is 9.47 Å². The fourth-order valence-corrected chi connectivity index (χ4v) is 3.05. The van der Waals surface area contributed by atoms with E-state index in [1.54, 1.807) is 7.05 Å². The summed E-state index contributed by atoms with van der Waals surface area (Å²) in [6.07, 6.45) is 0. The summed E-state index contributed by atoms with van der Waals surface area (Å²) in [6.45, 7) is 6.79. The first-order valence-corrected chi connectivity index (χ1v) is 9.84. The van der Waals surface area contributed by atoms with Crippen LogP contribution >= 0.6 is 0 Å². The SMILES string of the molecule is CN=C(NCCN1CCOCC1)NCc1cccc(OCc2ccccc2)c1. The number of hydrogen-bond acceptors (Lipinski definition) is 4. The maximum atomic E-state index is 5.91. The molecule has 1 saturated heterocycles. The molecule has 0 spiro atoms. The predicted octanol–water partition coefficient (Wildman–Crippen LogP) is 2.26. The minimum Gasteiger partial charge on any atom is -0.489 e. The Morgan fingerprint density at radius 3 is 2.61 bits per heavy atom. The lowest BCUT2D eigenvalue weighted by Gasteiger charge is -2.26. The highest BCUT2D eigenvalue weighted by Crippen LogP contribution is 2.15. The van der Waals surface area contributed by atoms with Crippen LogP contribution in [0, 0.1) is 0 Å². The molecule has 0 saturated carbocycles. The van der Waals surface area contributed by atoms with E-state index in [1.165, 1.54) is 0 Å². The molecule has 0 bridgehead atoms. The normalized spacial score (nSPS) is 15.2. The zero-order valence-electron chi connectivity index (χ0n) is 16.6. The highest BCUT2D eigenvalue weighted by Gasteiger charge is 2.09. The zero-order valence-corrected chi connectivity index (χ0v) is 16.6. The highest BCUT2D eigenvalue weighted by molar-refractivity contribution is 5.79. The Morgan fingerprint density at radius 2 is 1.82 bits per heavy atom. The molecule has 0 radical (unpaired) electrons. The molecule has 2 aromatic carbocycles. The lowest BCUT2D eigenvalue weighted by Crippen LogP contribution is -2.44. The first-order chi connectivity index (χ1) is 13.8. The number of aliphatic imine (C=N–C) groups is 1. The van der Waals surface area contributed by atoms with Crippen molar-refractivity contribution < 1.29 is 9.47 Å². The predicted molar refractivity (Wildman–Crippen MR) is 113 cm³/mol. The lowest BCUT2D eigenvalue weighted by molar-refractivity contribution is 0.0389. The molecule has 150 valence electrons. The third-order valence-corrected chi connectivity index (χ3v) is 4.65. The van der Waals surface area contributed by atoms with Crippen LogP contribution < -0.4 is 15.4 Å². The Kier molecular flexibility index (Phi) is 8.15. The third kappa shape index (κ3) is 6.87. The van der Waals surface area contributed by atoms with Gasteiger partial charge in [-0.1, -0.05) is 42.5 Å². The Bertz CT molecular complexity index is 730. The Hall–Kier alpha value is -2.57. The monoisotopic (exact) mass is 382 g/mol. The molecule has 2 N–H and O–H groups in total. The molecule has 3 rings (SSSR count). The van der Waals surface area contributed by atoms with E-state index < -0.39 is 0 Å². The molecule has 1 fully saturated rings. The van der Waals surface area contributed by atoms with Crippen molar-refractivity contribution in [2.45, 2.75) is 13.2 Å². The highest BCUT2D eigenvalue weighted by atomic mass is 16.5. The van der Waals surface area contributed by atoms with E-state index in [-0.39, 0.29) is 0 Å². The fraction of sp³-hybridized carbons (Fsp3) is 0.409. The first-order valence-electron chi connectivity index (χ1n) is 9.84. The fourth-order valence-electron chi connectivity index (χ4n) is 3.05. The van der Waals surface area contributed by atoms with Gasteiger partial charge in [-0.2, -0.15) is 0 Å². The average molecular weight is 383 g/mol. The van der Waals surface area contributed by atoms with Gasteiger partial charge in [0, 0.05) is 39.8 Å². The van der Waals surface area contributed by atoms with Gasteiger partial charge in [0.15, 0.2) is 5.96 Å². The van der Waals surface area contributed by atoms with Crippen LogP contribution in [0.3, 0.4) is 0 Å². The van der Waals surface area contributed by atoms with Crippen molar-refractivity contribution in [1.82, 2.24) is 15.5 Å². The molecule has 2 aromatic rings. The van der Waals surface area contributed by atoms with Crippen LogP contribution in [0.4, 0.5) is 0 Å². The Labute approximate surface area is 167 Å². The standard InChI is InChI=1S/C22H30N4O2/c1-23-22(24-10-11-26-12-14-27-15-13-26)25-17-20-8-5-9-21(16-20)28-18-19-6-3-2-4-7-19/h2-9,16H,10-15,17-18H2,1H3,(H2,23,24,25). The molecular formula is C22H30N4O2. The van der Waals surface area contributed by atoms with E-state index in [9.17, 15) is 0 Å². The number of guanidine groups is 1. The summed E-state index contributed by atoms with van der Waals surface area (Å²) in [7, 11) is 1.80. The minimum absolute atomic E-state index is 0.572. The maximum Gasteiger partial charge on any atom is 0.191 e. The molecule has 0 aromatic heterocycles. The van der Waals surface area contributed by atoms with Gasteiger partial charge >= 0.3 is 0 Å². The molecule has 0 atom stereocenters. The second kappa shape index (κ2) is 11.3. The van der Waals surface area contributed by atoms with E-state index >= 15 is 0 Å². The summed E-state index contributed by atoms with van der Waals surface area (Å²) >= 11 is 0. The van der Waals surface area contributed by atoms with Crippen molar-refractivity contribution >= 4 is 5.96 Å². The van der Waals surface area contributed by atoms with E-state index in [0.29, 0.717) is 13.2 Å². The Morgan fingerprint density at radius 1 is 1.04 bits per heavy atom. The topological polar surface area (TPSA) is 58.1 Å². The van der Waals surface area contributed by atoms with Crippen LogP contribution in [-0.2, 0) is 17.9 Å². The molecule has 28 heavy (non-hydrogen) atoms. The van der Waals surface area contributed by atoms with Crippen LogP contribution in [0.2, 0.25) is 0 Å². The van der Waals surface area contributed by atoms with Crippen LogP contribution in [0.25, 0.3) is 0 Å². The van der Waals surface area contributed by atoms with Crippen molar-refractivity contribution in [3.8, 4) is 5.75 Å². The second-order valence-electron chi connectivity index (χ2n) is 6.73. The van der Waals surface area contributed by atoms with E-state index in [1.807, 2.05) is 30.3 Å². The number of nitrogens with one attached hydrogen (secondary N) is 2. The van der Waals surface area contributed by atoms with Gasteiger partial charge in [-0.15, -0.1) is 0 Å². The second-order valence-corrected chi connectivity index (χ2v) is 6.73. The number of nitrogens with zero attached hydrogens (tertiary/aromatic N) is 2. The maximum absolute atomic E-state index is 5.91. The van der Waals surface area contributed by atoms with Crippen LogP contribution in [0.15, 0.2) is 59.6 Å². The van der Waals surface area contributed by atoms with Crippen LogP contribution in [-0.4, -0.2) is 57.3 Å². The van der Waals surface area contributed by atoms with Crippen molar-refractivity contribution in [2.24, 2.45) is 4.99 Å². The molecule has 0 unspecified atom stereocenters. The third-order valence-electron chi connectivity index (χ3n) is 4.65. The number of rotatable bonds is 8. The van der Waals surface area contributed by atoms with E-state index in [2.05, 4.69) is 44.8 Å². The van der Waals surface area contributed by atoms with Crippen LogP contribution in [0.5, 0.6) is 5.75 Å². The molecule has 1 aliphatic rings. The van der Waals surface area contributed by atoms with Crippen molar-refractivity contribution in [1.29, 1.82) is 0 Å². The van der Waals surface area contributed by atoms with Gasteiger partial charge < -0.3 is 20.1 Å². The number of hydrogen-bond donors (Lipinski definition) is 2. The number of benzene rings is 2. The van der Waals surface area contributed by atoms with Gasteiger partial charge in [-0.25, -0.2) is 0 Å². The number of ether oxygens (including phenoxy) is 2. The lowest BCUT2D eigenvalue weighted by atomic mass is 10.2. The summed E-state index contributed by atoms with van der Waals surface area (Å²) in [5.41, 5.74) is 2.32. The van der Waals surface area contributed by atoms with Gasteiger partial charge in [0.05, 0.1) is 13.2 Å². The van der Waals surface area contributed by atoms with Gasteiger partial charge in [-0.3, -0.25) is 9.89 Å². The smallest absolute Gasteiger partial charge is 0.191 e. The Balaban J connectivity index is 1.41. The summed E-state index contributed by atoms with van der Waals surface area (Å²) in [6, 6.07) is 18.4. The molecule has 6 heteroatoms. The van der Waals surface area contributed by atoms with Gasteiger partial charge in [0.1, 0.15) is 12.4 Å². The average Bonchev–Trinajstić information content (AvgIpc) is 2.76. The largest absolute Gasteiger partial charge is 0.489 e. The molecule has 6 nitrogen and oxygen atoms in total. The summed E-state index contributed by atoms with van der Waals surface area (Å²) in [4.78, 5) is 6.70. The van der Waals surface area contributed by atoms with E-state index in [0.717, 1.165) is 62.2 Å². The minimum atomic E-state index is 0.572. The summed E-state index contributed by atoms with van der Waals surface area (Å²) in [5.74, 6) is 1.68. The molecule has 0 aliphatic carbocycles. The molecule has 1 aliphatic heterocycles. The quantitative estimate of drug-likeness (QED) is 0.542. The molecule has 1 heterocycles. The summed E-state index contributed by atoms with van der Waals surface area (Å²) < 4.78 is 11.3. The van der Waals surface area contributed by atoms with Gasteiger partial charge in [-0.05, 0) is 23.3 Å². The van der Waals surface area contributed by atoms with Crippen molar-refractivity contribution in [3.05, 3.63) is 65.7 Å². The van der Waals surface area contributed by atoms with Gasteiger partial charge in [0.2, 0.25) is 0 Å². The summed E-state index contributed by atoms with van der Waals surface area (Å²) in [5, 5.41) is 6.74. The molecular weight excluding hydrogens is 352 g/mol.